The van der Waals surface area contributed by atoms with Gasteiger partial charge in [0, 0.05) is 17.0 Å². The van der Waals surface area contributed by atoms with Crippen LogP contribution in [0.5, 0.6) is 5.75 Å². The molecule has 0 N–H and O–H groups in total. The molecule has 2 heterocycles. The number of hydrogen-bond acceptors (Lipinski definition) is 2. The minimum atomic E-state index is 0.876. The van der Waals surface area contributed by atoms with Crippen LogP contribution in [0.25, 0.3) is 27.3 Å². The van der Waals surface area contributed by atoms with Gasteiger partial charge in [0.25, 0.3) is 0 Å². The maximum Gasteiger partial charge on any atom is 0.119 e. The maximum atomic E-state index is 5.28. The van der Waals surface area contributed by atoms with Crippen LogP contribution in [-0.2, 0) is 0 Å². The zero-order valence-corrected chi connectivity index (χ0v) is 10.5. The normalized spacial score (nSPS) is 11.4. The van der Waals surface area contributed by atoms with Crippen molar-refractivity contribution < 1.29 is 4.74 Å². The smallest absolute Gasteiger partial charge is 0.119 e. The van der Waals surface area contributed by atoms with E-state index in [-0.39, 0.29) is 0 Å². The minimum Gasteiger partial charge on any atom is -0.497 e. The Labute approximate surface area is 110 Å². The number of fused-ring (bicyclic) bond motifs is 5. The molecule has 0 aliphatic carbocycles. The lowest BCUT2D eigenvalue weighted by atomic mass is 10.2. The fraction of sp³-hybridized carbons (Fsp3) is 0.0625. The molecule has 0 fully saturated rings. The number of rotatable bonds is 1. The third kappa shape index (κ3) is 1.41. The molecule has 19 heavy (non-hydrogen) atoms. The van der Waals surface area contributed by atoms with E-state index in [0.29, 0.717) is 0 Å². The highest BCUT2D eigenvalue weighted by Gasteiger charge is 2.07. The lowest BCUT2D eigenvalue weighted by Gasteiger charge is -2.01. The molecule has 92 valence electrons. The summed E-state index contributed by atoms with van der Waals surface area (Å²) in [5, 5.41) is 2.36. The molecule has 3 nitrogen and oxygen atoms in total. The van der Waals surface area contributed by atoms with E-state index >= 15 is 0 Å². The number of para-hydroxylation sites is 2. The largest absolute Gasteiger partial charge is 0.497 e. The van der Waals surface area contributed by atoms with Gasteiger partial charge < -0.3 is 9.14 Å². The summed E-state index contributed by atoms with van der Waals surface area (Å²) in [6.45, 7) is 0. The van der Waals surface area contributed by atoms with Gasteiger partial charge >= 0.3 is 0 Å². The Balaban J connectivity index is 2.20. The van der Waals surface area contributed by atoms with Gasteiger partial charge in [0.05, 0.1) is 29.9 Å². The van der Waals surface area contributed by atoms with Gasteiger partial charge in [-0.05, 0) is 30.3 Å². The summed E-state index contributed by atoms with van der Waals surface area (Å²) in [6.07, 6.45) is 4.06. The van der Waals surface area contributed by atoms with Crippen LogP contribution in [0.15, 0.2) is 54.9 Å². The van der Waals surface area contributed by atoms with Crippen LogP contribution >= 0.6 is 0 Å². The molecule has 0 aliphatic heterocycles. The molecule has 0 spiro atoms. The van der Waals surface area contributed by atoms with Gasteiger partial charge in [0.2, 0.25) is 0 Å². The molecule has 0 radical (unpaired) electrons. The highest BCUT2D eigenvalue weighted by molar-refractivity contribution is 6.00. The van der Waals surface area contributed by atoms with Crippen LogP contribution in [0.4, 0.5) is 0 Å². The monoisotopic (exact) mass is 248 g/mol. The van der Waals surface area contributed by atoms with E-state index in [0.717, 1.165) is 27.7 Å². The highest BCUT2D eigenvalue weighted by atomic mass is 16.5. The second-order valence-corrected chi connectivity index (χ2v) is 4.58. The summed E-state index contributed by atoms with van der Waals surface area (Å²) in [4.78, 5) is 4.52. The molecule has 3 heteroatoms. The van der Waals surface area contributed by atoms with Crippen molar-refractivity contribution >= 4 is 27.3 Å². The van der Waals surface area contributed by atoms with Crippen molar-refractivity contribution in [1.82, 2.24) is 9.38 Å². The first kappa shape index (κ1) is 10.4. The fourth-order valence-corrected chi connectivity index (χ4v) is 2.59. The molecule has 0 amide bonds. The quantitative estimate of drug-likeness (QED) is 0.514. The second-order valence-electron chi connectivity index (χ2n) is 4.58. The van der Waals surface area contributed by atoms with Gasteiger partial charge in [-0.25, -0.2) is 0 Å². The fourth-order valence-electron chi connectivity index (χ4n) is 2.59. The summed E-state index contributed by atoms with van der Waals surface area (Å²) in [6, 6.07) is 14.3. The van der Waals surface area contributed by atoms with Crippen LogP contribution in [0.2, 0.25) is 0 Å². The standard InChI is InChI=1S/C16H12N2O/c1-19-12-6-7-13-11(8-12)10-18-15-5-3-2-4-14(15)17-9-16(13)18/h2-10H,1H3. The van der Waals surface area contributed by atoms with Crippen molar-refractivity contribution in [3.8, 4) is 5.75 Å². The van der Waals surface area contributed by atoms with E-state index in [1.165, 1.54) is 5.39 Å². The van der Waals surface area contributed by atoms with Crippen LogP contribution < -0.4 is 4.74 Å². The number of hydrogen-bond donors (Lipinski definition) is 0. The topological polar surface area (TPSA) is 26.5 Å². The molecule has 0 aliphatic rings. The predicted molar refractivity (Wildman–Crippen MR) is 76.8 cm³/mol. The van der Waals surface area contributed by atoms with E-state index in [1.54, 1.807) is 7.11 Å². The van der Waals surface area contributed by atoms with Crippen molar-refractivity contribution in [3.05, 3.63) is 54.9 Å². The number of nitrogens with zero attached hydrogens (tertiary/aromatic N) is 2. The van der Waals surface area contributed by atoms with Gasteiger partial charge in [-0.15, -0.1) is 0 Å². The van der Waals surface area contributed by atoms with E-state index in [2.05, 4.69) is 33.8 Å². The van der Waals surface area contributed by atoms with E-state index in [4.69, 9.17) is 4.74 Å². The van der Waals surface area contributed by atoms with Gasteiger partial charge in [0.1, 0.15) is 5.75 Å². The summed E-state index contributed by atoms with van der Waals surface area (Å²) in [7, 11) is 1.69. The number of benzene rings is 2. The zero-order valence-electron chi connectivity index (χ0n) is 10.5. The summed E-state index contributed by atoms with van der Waals surface area (Å²) in [5.74, 6) is 0.876. The third-order valence-corrected chi connectivity index (χ3v) is 3.53. The number of ether oxygens (including phenoxy) is 1. The van der Waals surface area contributed by atoms with Crippen molar-refractivity contribution in [2.24, 2.45) is 0 Å². The molecule has 0 saturated heterocycles. The summed E-state index contributed by atoms with van der Waals surface area (Å²) < 4.78 is 7.47. The molecule has 2 aromatic heterocycles. The Hall–Kier alpha value is -2.55. The maximum absolute atomic E-state index is 5.28. The zero-order chi connectivity index (χ0) is 12.8. The first-order chi connectivity index (χ1) is 9.36. The number of aromatic nitrogens is 2. The Bertz CT molecular complexity index is 908. The van der Waals surface area contributed by atoms with Crippen molar-refractivity contribution in [2.75, 3.05) is 7.11 Å². The first-order valence-electron chi connectivity index (χ1n) is 6.19. The van der Waals surface area contributed by atoms with E-state index in [9.17, 15) is 0 Å². The molecule has 4 rings (SSSR count). The minimum absolute atomic E-state index is 0.876. The molecular formula is C16H12N2O. The average molecular weight is 248 g/mol. The molecule has 0 saturated carbocycles. The van der Waals surface area contributed by atoms with Crippen molar-refractivity contribution in [3.63, 3.8) is 0 Å². The third-order valence-electron chi connectivity index (χ3n) is 3.53. The van der Waals surface area contributed by atoms with Crippen LogP contribution in [0.1, 0.15) is 0 Å². The molecule has 0 atom stereocenters. The molecule has 4 aromatic rings. The van der Waals surface area contributed by atoms with Gasteiger partial charge in [-0.3, -0.25) is 4.98 Å². The van der Waals surface area contributed by atoms with E-state index < -0.39 is 0 Å². The van der Waals surface area contributed by atoms with Crippen LogP contribution in [0, 0.1) is 0 Å². The summed E-state index contributed by atoms with van der Waals surface area (Å²) >= 11 is 0. The first-order valence-corrected chi connectivity index (χ1v) is 6.19. The Morgan fingerprint density at radius 2 is 1.95 bits per heavy atom. The number of methoxy groups -OCH3 is 1. The summed E-state index contributed by atoms with van der Waals surface area (Å²) in [5.41, 5.74) is 3.24. The van der Waals surface area contributed by atoms with Gasteiger partial charge in [-0.2, -0.15) is 0 Å². The predicted octanol–water partition coefficient (Wildman–Crippen LogP) is 3.65. The molecular weight excluding hydrogens is 236 g/mol. The lowest BCUT2D eigenvalue weighted by Crippen LogP contribution is -1.88. The van der Waals surface area contributed by atoms with Crippen LogP contribution in [-0.4, -0.2) is 16.5 Å². The second kappa shape index (κ2) is 3.72. The molecule has 2 aromatic carbocycles. The molecule has 0 bridgehead atoms. The SMILES string of the molecule is COc1ccc2c(c1)cn1c3ccccc3ncc21. The Morgan fingerprint density at radius 1 is 1.05 bits per heavy atom. The average Bonchev–Trinajstić information content (AvgIpc) is 2.85. The van der Waals surface area contributed by atoms with Crippen LogP contribution in [0.3, 0.4) is 0 Å². The van der Waals surface area contributed by atoms with Crippen molar-refractivity contribution in [1.29, 1.82) is 0 Å². The Kier molecular flexibility index (Phi) is 2.03. The lowest BCUT2D eigenvalue weighted by molar-refractivity contribution is 0.415. The molecule has 0 unspecified atom stereocenters. The van der Waals surface area contributed by atoms with Gasteiger partial charge in [-0.1, -0.05) is 12.1 Å². The Morgan fingerprint density at radius 3 is 2.84 bits per heavy atom. The highest BCUT2D eigenvalue weighted by Crippen LogP contribution is 2.28. The van der Waals surface area contributed by atoms with Gasteiger partial charge in [0.15, 0.2) is 0 Å². The van der Waals surface area contributed by atoms with E-state index in [1.807, 2.05) is 30.5 Å². The van der Waals surface area contributed by atoms with Crippen molar-refractivity contribution in [2.45, 2.75) is 0 Å².